The number of benzene rings is 2. The molecule has 0 unspecified atom stereocenters. The molecule has 1 aliphatic carbocycles. The first kappa shape index (κ1) is 23.7. The van der Waals surface area contributed by atoms with Crippen molar-refractivity contribution in [3.05, 3.63) is 65.4 Å². The van der Waals surface area contributed by atoms with E-state index in [1.54, 1.807) is 25.3 Å². The van der Waals surface area contributed by atoms with Gasteiger partial charge in [-0.05, 0) is 50.3 Å². The highest BCUT2D eigenvalue weighted by atomic mass is 32.2. The third kappa shape index (κ3) is 5.17. The van der Waals surface area contributed by atoms with Crippen LogP contribution in [0.2, 0.25) is 0 Å². The van der Waals surface area contributed by atoms with Crippen molar-refractivity contribution >= 4 is 21.6 Å². The fourth-order valence-corrected chi connectivity index (χ4v) is 5.91. The number of sulfonamides is 1. The van der Waals surface area contributed by atoms with Crippen molar-refractivity contribution in [1.82, 2.24) is 14.1 Å². The number of carbonyl (C=O) groups is 1. The minimum absolute atomic E-state index is 0.195. The molecule has 0 atom stereocenters. The van der Waals surface area contributed by atoms with Crippen LogP contribution in [0.15, 0.2) is 53.6 Å². The second-order valence-electron chi connectivity index (χ2n) is 9.37. The molecule has 2 heterocycles. The van der Waals surface area contributed by atoms with Crippen LogP contribution in [0.4, 0.5) is 5.69 Å². The van der Waals surface area contributed by atoms with Gasteiger partial charge in [0.2, 0.25) is 10.0 Å². The van der Waals surface area contributed by atoms with Gasteiger partial charge in [0.15, 0.2) is 0 Å². The summed E-state index contributed by atoms with van der Waals surface area (Å²) in [7, 11) is -3.69. The van der Waals surface area contributed by atoms with E-state index in [1.807, 2.05) is 35.9 Å². The van der Waals surface area contributed by atoms with Crippen LogP contribution in [-0.2, 0) is 21.3 Å². The van der Waals surface area contributed by atoms with Gasteiger partial charge in [-0.1, -0.05) is 35.9 Å². The molecular formula is C26H30N4O4S. The lowest BCUT2D eigenvalue weighted by Crippen LogP contribution is -2.40. The molecule has 1 saturated heterocycles. The Hall–Kier alpha value is -3.01. The van der Waals surface area contributed by atoms with E-state index in [9.17, 15) is 13.2 Å². The van der Waals surface area contributed by atoms with E-state index >= 15 is 0 Å². The van der Waals surface area contributed by atoms with Gasteiger partial charge in [0.05, 0.1) is 23.7 Å². The molecule has 1 saturated carbocycles. The van der Waals surface area contributed by atoms with Gasteiger partial charge in [0, 0.05) is 37.1 Å². The van der Waals surface area contributed by atoms with Gasteiger partial charge >= 0.3 is 0 Å². The number of carbonyl (C=O) groups excluding carboxylic acids is 1. The number of amides is 1. The normalized spacial score (nSPS) is 16.9. The van der Waals surface area contributed by atoms with Gasteiger partial charge in [0.1, 0.15) is 5.69 Å². The van der Waals surface area contributed by atoms with E-state index in [0.717, 1.165) is 17.7 Å². The Balaban J connectivity index is 1.44. The Bertz CT molecular complexity index is 1340. The zero-order chi connectivity index (χ0) is 24.6. The van der Waals surface area contributed by atoms with Crippen LogP contribution in [0.1, 0.15) is 34.3 Å². The largest absolute Gasteiger partial charge is 0.379 e. The molecule has 2 aromatic carbocycles. The van der Waals surface area contributed by atoms with Crippen LogP contribution in [-0.4, -0.2) is 54.7 Å². The number of aryl methyl sites for hydroxylation is 2. The first-order valence-electron chi connectivity index (χ1n) is 12.0. The standard InChI is InChI=1S/C26H30N4O4S/c1-18-3-8-21(9-4-18)25-23(17-29(28-25)16-20-6-7-20)26(31)27-22-10-5-19(2)24(15-22)35(32,33)30-11-13-34-14-12-30/h3-5,8-10,15,17,20H,6-7,11-14,16H2,1-2H3,(H,27,31). The average Bonchev–Trinajstić information content (AvgIpc) is 3.57. The maximum atomic E-state index is 13.4. The number of rotatable bonds is 7. The topological polar surface area (TPSA) is 93.5 Å². The van der Waals surface area contributed by atoms with Crippen molar-refractivity contribution < 1.29 is 17.9 Å². The second-order valence-corrected chi connectivity index (χ2v) is 11.3. The molecule has 35 heavy (non-hydrogen) atoms. The monoisotopic (exact) mass is 494 g/mol. The van der Waals surface area contributed by atoms with E-state index in [-0.39, 0.29) is 10.8 Å². The van der Waals surface area contributed by atoms with Gasteiger partial charge in [0.25, 0.3) is 5.91 Å². The van der Waals surface area contributed by atoms with Crippen molar-refractivity contribution in [2.24, 2.45) is 5.92 Å². The molecule has 2 aliphatic rings. The summed E-state index contributed by atoms with van der Waals surface area (Å²) in [6, 6.07) is 12.9. The maximum Gasteiger partial charge on any atom is 0.259 e. The van der Waals surface area contributed by atoms with E-state index in [2.05, 4.69) is 5.32 Å². The molecule has 1 N–H and O–H groups in total. The molecule has 0 radical (unpaired) electrons. The van der Waals surface area contributed by atoms with E-state index in [0.29, 0.717) is 54.7 Å². The Kier molecular flexibility index (Phi) is 6.48. The lowest BCUT2D eigenvalue weighted by molar-refractivity contribution is 0.0730. The Labute approximate surface area is 206 Å². The Morgan fingerprint density at radius 1 is 1.09 bits per heavy atom. The van der Waals surface area contributed by atoms with Gasteiger partial charge in [-0.15, -0.1) is 0 Å². The number of hydrogen-bond acceptors (Lipinski definition) is 5. The maximum absolute atomic E-state index is 13.4. The molecule has 5 rings (SSSR count). The quantitative estimate of drug-likeness (QED) is 0.539. The summed E-state index contributed by atoms with van der Waals surface area (Å²) in [5, 5.41) is 7.63. The van der Waals surface area contributed by atoms with Crippen molar-refractivity contribution in [1.29, 1.82) is 0 Å². The average molecular weight is 495 g/mol. The van der Waals surface area contributed by atoms with Crippen molar-refractivity contribution in [3.8, 4) is 11.3 Å². The molecule has 1 aromatic heterocycles. The molecule has 0 bridgehead atoms. The zero-order valence-electron chi connectivity index (χ0n) is 20.0. The van der Waals surface area contributed by atoms with Gasteiger partial charge in [-0.25, -0.2) is 8.42 Å². The molecule has 0 spiro atoms. The number of anilines is 1. The molecule has 9 heteroatoms. The third-order valence-electron chi connectivity index (χ3n) is 6.51. The smallest absolute Gasteiger partial charge is 0.259 e. The fourth-order valence-electron chi connectivity index (χ4n) is 4.25. The molecule has 184 valence electrons. The lowest BCUT2D eigenvalue weighted by Gasteiger charge is -2.26. The highest BCUT2D eigenvalue weighted by Crippen LogP contribution is 2.32. The molecule has 2 fully saturated rings. The number of morpholine rings is 1. The van der Waals surface area contributed by atoms with E-state index < -0.39 is 10.0 Å². The van der Waals surface area contributed by atoms with Gasteiger partial charge in [-0.2, -0.15) is 9.40 Å². The summed E-state index contributed by atoms with van der Waals surface area (Å²) in [4.78, 5) is 13.6. The van der Waals surface area contributed by atoms with Crippen LogP contribution in [0.5, 0.6) is 0 Å². The highest BCUT2D eigenvalue weighted by molar-refractivity contribution is 7.89. The summed E-state index contributed by atoms with van der Waals surface area (Å²) in [6.45, 7) is 5.96. The minimum Gasteiger partial charge on any atom is -0.379 e. The molecule has 8 nitrogen and oxygen atoms in total. The first-order valence-corrected chi connectivity index (χ1v) is 13.4. The van der Waals surface area contributed by atoms with Crippen LogP contribution < -0.4 is 5.32 Å². The zero-order valence-corrected chi connectivity index (χ0v) is 20.8. The van der Waals surface area contributed by atoms with Crippen LogP contribution in [0.25, 0.3) is 11.3 Å². The number of ether oxygens (including phenoxy) is 1. The Morgan fingerprint density at radius 2 is 1.80 bits per heavy atom. The van der Waals surface area contributed by atoms with Crippen molar-refractivity contribution in [3.63, 3.8) is 0 Å². The number of nitrogens with one attached hydrogen (secondary N) is 1. The Morgan fingerprint density at radius 3 is 2.49 bits per heavy atom. The fraction of sp³-hybridized carbons (Fsp3) is 0.385. The summed E-state index contributed by atoms with van der Waals surface area (Å²) in [5.74, 6) is 0.294. The van der Waals surface area contributed by atoms with Crippen molar-refractivity contribution in [2.45, 2.75) is 38.1 Å². The van der Waals surface area contributed by atoms with Crippen LogP contribution in [0, 0.1) is 19.8 Å². The van der Waals surface area contributed by atoms with Crippen molar-refractivity contribution in [2.75, 3.05) is 31.6 Å². The summed E-state index contributed by atoms with van der Waals surface area (Å²) in [6.07, 6.45) is 4.17. The minimum atomic E-state index is -3.69. The lowest BCUT2D eigenvalue weighted by atomic mass is 10.1. The highest BCUT2D eigenvalue weighted by Gasteiger charge is 2.29. The number of aromatic nitrogens is 2. The number of hydrogen-bond donors (Lipinski definition) is 1. The molecule has 1 aliphatic heterocycles. The molecular weight excluding hydrogens is 464 g/mol. The van der Waals surface area contributed by atoms with Gasteiger partial charge < -0.3 is 10.1 Å². The molecule has 1 amide bonds. The predicted molar refractivity (Wildman–Crippen MR) is 134 cm³/mol. The summed E-state index contributed by atoms with van der Waals surface area (Å²) in [5.41, 5.74) is 4.15. The first-order chi connectivity index (χ1) is 16.8. The third-order valence-corrected chi connectivity index (χ3v) is 8.55. The van der Waals surface area contributed by atoms with Crippen LogP contribution in [0.3, 0.4) is 0 Å². The van der Waals surface area contributed by atoms with E-state index in [4.69, 9.17) is 9.84 Å². The summed E-state index contributed by atoms with van der Waals surface area (Å²) >= 11 is 0. The van der Waals surface area contributed by atoms with Gasteiger partial charge in [-0.3, -0.25) is 9.48 Å². The van der Waals surface area contributed by atoms with E-state index in [1.165, 1.54) is 23.2 Å². The second kappa shape index (κ2) is 9.56. The SMILES string of the molecule is Cc1ccc(-c2nn(CC3CC3)cc2C(=O)Nc2ccc(C)c(S(=O)(=O)N3CCOCC3)c2)cc1. The number of nitrogens with zero attached hydrogens (tertiary/aromatic N) is 3. The molecule has 3 aromatic rings. The summed E-state index contributed by atoms with van der Waals surface area (Å²) < 4.78 is 35.1. The van der Waals surface area contributed by atoms with Crippen LogP contribution >= 0.6 is 0 Å². The predicted octanol–water partition coefficient (Wildman–Crippen LogP) is 3.85.